The third-order valence-electron chi connectivity index (χ3n) is 3.67. The van der Waals surface area contributed by atoms with Gasteiger partial charge in [-0.2, -0.15) is 0 Å². The number of aryl methyl sites for hydroxylation is 1. The van der Waals surface area contributed by atoms with E-state index >= 15 is 0 Å². The Labute approximate surface area is 136 Å². The number of hydrogen-bond acceptors (Lipinski definition) is 4. The van der Waals surface area contributed by atoms with E-state index in [1.54, 1.807) is 19.4 Å². The Bertz CT molecular complexity index is 750. The van der Waals surface area contributed by atoms with Crippen molar-refractivity contribution in [2.24, 2.45) is 16.5 Å². The fourth-order valence-corrected chi connectivity index (χ4v) is 2.19. The number of pyridine rings is 1. The standard InChI is InChI=1S/C18H22N4O/c1-12-5-4-6-15(13(12)2)16(19)10-17(20)22-11-14-7-8-21-18(9-14)23-3/h4-10H,11,19H2,1-3H3,(H2,20,22)/b16-10-. The van der Waals surface area contributed by atoms with Gasteiger partial charge in [0.2, 0.25) is 5.88 Å². The average molecular weight is 310 g/mol. The van der Waals surface area contributed by atoms with Gasteiger partial charge in [0.1, 0.15) is 5.84 Å². The highest BCUT2D eigenvalue weighted by Gasteiger charge is 2.04. The molecule has 0 aliphatic heterocycles. The van der Waals surface area contributed by atoms with Crippen molar-refractivity contribution in [1.82, 2.24) is 4.98 Å². The predicted molar refractivity (Wildman–Crippen MR) is 94.2 cm³/mol. The van der Waals surface area contributed by atoms with Gasteiger partial charge in [-0.25, -0.2) is 4.98 Å². The summed E-state index contributed by atoms with van der Waals surface area (Å²) in [6, 6.07) is 9.72. The van der Waals surface area contributed by atoms with Crippen molar-refractivity contribution in [3.8, 4) is 5.88 Å². The van der Waals surface area contributed by atoms with E-state index in [0.717, 1.165) is 16.7 Å². The van der Waals surface area contributed by atoms with Crippen LogP contribution in [0, 0.1) is 13.8 Å². The van der Waals surface area contributed by atoms with Crippen LogP contribution in [0.15, 0.2) is 47.6 Å². The van der Waals surface area contributed by atoms with E-state index in [9.17, 15) is 0 Å². The molecule has 0 unspecified atom stereocenters. The van der Waals surface area contributed by atoms with Crippen LogP contribution in [0.3, 0.4) is 0 Å². The van der Waals surface area contributed by atoms with Crippen LogP contribution in [0.4, 0.5) is 0 Å². The molecule has 0 amide bonds. The van der Waals surface area contributed by atoms with E-state index in [2.05, 4.69) is 23.0 Å². The van der Waals surface area contributed by atoms with Gasteiger partial charge in [-0.05, 0) is 36.6 Å². The van der Waals surface area contributed by atoms with Crippen molar-refractivity contribution in [1.29, 1.82) is 0 Å². The summed E-state index contributed by atoms with van der Waals surface area (Å²) in [6.07, 6.45) is 3.38. The van der Waals surface area contributed by atoms with Crippen molar-refractivity contribution >= 4 is 11.5 Å². The fraction of sp³-hybridized carbons (Fsp3) is 0.222. The number of ether oxygens (including phenoxy) is 1. The highest BCUT2D eigenvalue weighted by atomic mass is 16.5. The lowest BCUT2D eigenvalue weighted by molar-refractivity contribution is 0.397. The zero-order chi connectivity index (χ0) is 16.8. The molecular weight excluding hydrogens is 288 g/mol. The molecule has 23 heavy (non-hydrogen) atoms. The summed E-state index contributed by atoms with van der Waals surface area (Å²) in [4.78, 5) is 8.40. The van der Waals surface area contributed by atoms with Gasteiger partial charge < -0.3 is 16.2 Å². The maximum atomic E-state index is 6.15. The molecule has 0 spiro atoms. The summed E-state index contributed by atoms with van der Waals surface area (Å²) < 4.78 is 5.09. The van der Waals surface area contributed by atoms with Gasteiger partial charge in [0.15, 0.2) is 0 Å². The topological polar surface area (TPSA) is 86.5 Å². The van der Waals surface area contributed by atoms with Gasteiger partial charge in [0.25, 0.3) is 0 Å². The maximum Gasteiger partial charge on any atom is 0.213 e. The molecule has 120 valence electrons. The highest BCUT2D eigenvalue weighted by Crippen LogP contribution is 2.18. The first-order valence-corrected chi connectivity index (χ1v) is 7.34. The fourth-order valence-electron chi connectivity index (χ4n) is 2.19. The second-order valence-electron chi connectivity index (χ2n) is 5.29. The Hall–Kier alpha value is -2.82. The number of aromatic nitrogens is 1. The maximum absolute atomic E-state index is 6.15. The Morgan fingerprint density at radius 3 is 2.78 bits per heavy atom. The number of nitrogens with zero attached hydrogens (tertiary/aromatic N) is 2. The lowest BCUT2D eigenvalue weighted by Crippen LogP contribution is -2.12. The Kier molecular flexibility index (Phi) is 5.36. The van der Waals surface area contributed by atoms with Gasteiger partial charge in [-0.15, -0.1) is 0 Å². The molecule has 4 N–H and O–H groups in total. The number of methoxy groups -OCH3 is 1. The number of nitrogens with two attached hydrogens (primary N) is 2. The monoisotopic (exact) mass is 310 g/mol. The molecule has 0 atom stereocenters. The molecule has 2 aromatic rings. The molecule has 5 heteroatoms. The second-order valence-corrected chi connectivity index (χ2v) is 5.29. The molecular formula is C18H22N4O. The van der Waals surface area contributed by atoms with Gasteiger partial charge >= 0.3 is 0 Å². The van der Waals surface area contributed by atoms with Gasteiger partial charge in [0, 0.05) is 29.6 Å². The number of rotatable bonds is 5. The summed E-state index contributed by atoms with van der Waals surface area (Å²) in [5.74, 6) is 0.945. The van der Waals surface area contributed by atoms with Crippen LogP contribution in [0.25, 0.3) is 5.70 Å². The number of amidine groups is 1. The minimum absolute atomic E-state index is 0.388. The zero-order valence-electron chi connectivity index (χ0n) is 13.7. The summed E-state index contributed by atoms with van der Waals surface area (Å²) >= 11 is 0. The molecule has 1 aromatic heterocycles. The van der Waals surface area contributed by atoms with Crippen LogP contribution in [0.2, 0.25) is 0 Å². The van der Waals surface area contributed by atoms with E-state index in [4.69, 9.17) is 16.2 Å². The molecule has 1 heterocycles. The van der Waals surface area contributed by atoms with Crippen LogP contribution in [0.1, 0.15) is 22.3 Å². The number of hydrogen-bond donors (Lipinski definition) is 2. The first kappa shape index (κ1) is 16.5. The van der Waals surface area contributed by atoms with E-state index in [-0.39, 0.29) is 0 Å². The first-order valence-electron chi connectivity index (χ1n) is 7.34. The normalized spacial score (nSPS) is 12.3. The minimum atomic E-state index is 0.388. The van der Waals surface area contributed by atoms with Crippen molar-refractivity contribution in [2.45, 2.75) is 20.4 Å². The highest BCUT2D eigenvalue weighted by molar-refractivity contribution is 5.97. The van der Waals surface area contributed by atoms with E-state index in [1.807, 2.05) is 31.2 Å². The average Bonchev–Trinajstić information content (AvgIpc) is 2.55. The Balaban J connectivity index is 2.15. The van der Waals surface area contributed by atoms with Gasteiger partial charge in [0.05, 0.1) is 13.7 Å². The molecule has 0 saturated heterocycles. The molecule has 1 aromatic carbocycles. The molecule has 2 rings (SSSR count). The molecule has 0 aliphatic rings. The zero-order valence-corrected chi connectivity index (χ0v) is 13.7. The smallest absolute Gasteiger partial charge is 0.213 e. The van der Waals surface area contributed by atoms with Crippen molar-refractivity contribution in [3.05, 3.63) is 64.9 Å². The molecule has 0 aliphatic carbocycles. The van der Waals surface area contributed by atoms with Crippen molar-refractivity contribution < 1.29 is 4.74 Å². The van der Waals surface area contributed by atoms with Crippen LogP contribution in [-0.2, 0) is 6.54 Å². The minimum Gasteiger partial charge on any atom is -0.481 e. The lowest BCUT2D eigenvalue weighted by Gasteiger charge is -2.08. The van der Waals surface area contributed by atoms with Crippen LogP contribution in [-0.4, -0.2) is 17.9 Å². The summed E-state index contributed by atoms with van der Waals surface area (Å²) in [5.41, 5.74) is 17.0. The number of benzene rings is 1. The second kappa shape index (κ2) is 7.45. The van der Waals surface area contributed by atoms with Gasteiger partial charge in [-0.3, -0.25) is 4.99 Å². The van der Waals surface area contributed by atoms with Crippen molar-refractivity contribution in [3.63, 3.8) is 0 Å². The SMILES string of the molecule is COc1cc(CN=C(N)/C=C(\N)c2cccc(C)c2C)ccn1. The summed E-state index contributed by atoms with van der Waals surface area (Å²) in [7, 11) is 1.58. The van der Waals surface area contributed by atoms with Crippen molar-refractivity contribution in [2.75, 3.05) is 7.11 Å². The summed E-state index contributed by atoms with van der Waals surface area (Å²) in [6.45, 7) is 4.55. The predicted octanol–water partition coefficient (Wildman–Crippen LogP) is 2.56. The van der Waals surface area contributed by atoms with Crippen LogP contribution in [0.5, 0.6) is 5.88 Å². The van der Waals surface area contributed by atoms with Gasteiger partial charge in [-0.1, -0.05) is 18.2 Å². The van der Waals surface area contributed by atoms with E-state index < -0.39 is 0 Å². The number of aliphatic imine (C=N–C) groups is 1. The molecule has 0 fully saturated rings. The first-order chi connectivity index (χ1) is 11.0. The largest absolute Gasteiger partial charge is 0.481 e. The third-order valence-corrected chi connectivity index (χ3v) is 3.67. The van der Waals surface area contributed by atoms with E-state index in [1.165, 1.54) is 5.56 Å². The Morgan fingerprint density at radius 1 is 1.26 bits per heavy atom. The summed E-state index contributed by atoms with van der Waals surface area (Å²) in [5, 5.41) is 0. The van der Waals surface area contributed by atoms with Crippen LogP contribution < -0.4 is 16.2 Å². The molecule has 0 bridgehead atoms. The molecule has 0 radical (unpaired) electrons. The Morgan fingerprint density at radius 2 is 2.04 bits per heavy atom. The van der Waals surface area contributed by atoms with E-state index in [0.29, 0.717) is 24.0 Å². The third kappa shape index (κ3) is 4.32. The quantitative estimate of drug-likeness (QED) is 0.656. The molecule has 0 saturated carbocycles. The molecule has 5 nitrogen and oxygen atoms in total. The van der Waals surface area contributed by atoms with Crippen LogP contribution >= 0.6 is 0 Å². The lowest BCUT2D eigenvalue weighted by atomic mass is 10.0.